The molecule has 0 N–H and O–H groups in total. The summed E-state index contributed by atoms with van der Waals surface area (Å²) in [5.41, 5.74) is 1.51. The molecule has 4 nitrogen and oxygen atoms in total. The SMILES string of the molecule is CCCCCCCn1c(CN(C)C)nc2sc3c(c2c1=O)CCC(C)C3. The molecule has 0 aromatic carbocycles. The van der Waals surface area contributed by atoms with Crippen molar-refractivity contribution < 1.29 is 0 Å². The normalized spacial score (nSPS) is 17.2. The first kappa shape index (κ1) is 19.6. The van der Waals surface area contributed by atoms with E-state index in [-0.39, 0.29) is 5.56 Å². The smallest absolute Gasteiger partial charge is 0.262 e. The summed E-state index contributed by atoms with van der Waals surface area (Å²) >= 11 is 1.76. The predicted octanol–water partition coefficient (Wildman–Crippen LogP) is 4.61. The van der Waals surface area contributed by atoms with Crippen LogP contribution in [0.15, 0.2) is 4.79 Å². The summed E-state index contributed by atoms with van der Waals surface area (Å²) in [5.74, 6) is 1.65. The largest absolute Gasteiger partial charge is 0.302 e. The van der Waals surface area contributed by atoms with Crippen LogP contribution in [0.5, 0.6) is 0 Å². The molecular formula is C21H33N3OS. The standard InChI is InChI=1S/C21H33N3OS/c1-5-6-7-8-9-12-24-18(14-23(3)4)22-20-19(21(24)25)16-11-10-15(2)13-17(16)26-20/h15H,5-14H2,1-4H3. The van der Waals surface area contributed by atoms with Gasteiger partial charge in [0.2, 0.25) is 0 Å². The van der Waals surface area contributed by atoms with E-state index in [9.17, 15) is 4.79 Å². The molecule has 0 bridgehead atoms. The third-order valence-electron chi connectivity index (χ3n) is 5.44. The van der Waals surface area contributed by atoms with Crippen molar-refractivity contribution in [3.8, 4) is 0 Å². The number of thiophene rings is 1. The number of fused-ring (bicyclic) bond motifs is 3. The summed E-state index contributed by atoms with van der Waals surface area (Å²) in [6, 6.07) is 0. The second kappa shape index (κ2) is 8.66. The van der Waals surface area contributed by atoms with Gasteiger partial charge < -0.3 is 4.90 Å². The molecule has 1 atom stereocenters. The van der Waals surface area contributed by atoms with Gasteiger partial charge in [0.1, 0.15) is 10.7 Å². The van der Waals surface area contributed by atoms with Gasteiger partial charge in [0, 0.05) is 11.4 Å². The lowest BCUT2D eigenvalue weighted by molar-refractivity contribution is 0.374. The van der Waals surface area contributed by atoms with Gasteiger partial charge in [-0.2, -0.15) is 0 Å². The summed E-state index contributed by atoms with van der Waals surface area (Å²) in [7, 11) is 4.09. The van der Waals surface area contributed by atoms with E-state index in [2.05, 4.69) is 18.7 Å². The van der Waals surface area contributed by atoms with Gasteiger partial charge in [0.25, 0.3) is 5.56 Å². The van der Waals surface area contributed by atoms with E-state index in [1.54, 1.807) is 11.3 Å². The number of aromatic nitrogens is 2. The molecule has 1 unspecified atom stereocenters. The molecule has 5 heteroatoms. The van der Waals surface area contributed by atoms with Crippen molar-refractivity contribution in [3.63, 3.8) is 0 Å². The molecule has 26 heavy (non-hydrogen) atoms. The van der Waals surface area contributed by atoms with Crippen molar-refractivity contribution in [2.45, 2.75) is 78.3 Å². The van der Waals surface area contributed by atoms with Crippen molar-refractivity contribution in [2.24, 2.45) is 5.92 Å². The van der Waals surface area contributed by atoms with E-state index in [1.165, 1.54) is 42.5 Å². The highest BCUT2D eigenvalue weighted by Crippen LogP contribution is 2.35. The number of hydrogen-bond acceptors (Lipinski definition) is 4. The van der Waals surface area contributed by atoms with Crippen LogP contribution in [0.25, 0.3) is 10.2 Å². The van der Waals surface area contributed by atoms with Crippen molar-refractivity contribution in [2.75, 3.05) is 14.1 Å². The van der Waals surface area contributed by atoms with Gasteiger partial charge >= 0.3 is 0 Å². The third-order valence-corrected chi connectivity index (χ3v) is 6.59. The Balaban J connectivity index is 1.97. The van der Waals surface area contributed by atoms with Crippen LogP contribution in [0.1, 0.15) is 68.6 Å². The fourth-order valence-electron chi connectivity index (χ4n) is 3.97. The lowest BCUT2D eigenvalue weighted by Crippen LogP contribution is -2.28. The molecule has 0 saturated heterocycles. The summed E-state index contributed by atoms with van der Waals surface area (Å²) in [4.78, 5) is 22.8. The molecule has 0 amide bonds. The molecule has 0 aliphatic heterocycles. The monoisotopic (exact) mass is 375 g/mol. The number of aryl methyl sites for hydroxylation is 1. The van der Waals surface area contributed by atoms with Crippen molar-refractivity contribution in [3.05, 3.63) is 26.6 Å². The zero-order valence-corrected chi connectivity index (χ0v) is 17.6. The number of hydrogen-bond donors (Lipinski definition) is 0. The number of unbranched alkanes of at least 4 members (excludes halogenated alkanes) is 4. The van der Waals surface area contributed by atoms with E-state index in [0.29, 0.717) is 0 Å². The number of nitrogens with zero attached hydrogens (tertiary/aromatic N) is 3. The van der Waals surface area contributed by atoms with Gasteiger partial charge in [0.05, 0.1) is 11.9 Å². The van der Waals surface area contributed by atoms with Gasteiger partial charge in [-0.1, -0.05) is 39.5 Å². The van der Waals surface area contributed by atoms with Crippen LogP contribution < -0.4 is 5.56 Å². The molecule has 1 aliphatic carbocycles. The molecule has 2 heterocycles. The zero-order valence-electron chi connectivity index (χ0n) is 16.8. The first-order chi connectivity index (χ1) is 12.5. The molecule has 0 radical (unpaired) electrons. The maximum atomic E-state index is 13.4. The average Bonchev–Trinajstić information content (AvgIpc) is 2.93. The van der Waals surface area contributed by atoms with Gasteiger partial charge in [-0.05, 0) is 51.3 Å². The quantitative estimate of drug-likeness (QED) is 0.632. The Bertz CT molecular complexity index is 806. The van der Waals surface area contributed by atoms with E-state index in [4.69, 9.17) is 4.98 Å². The molecular weight excluding hydrogens is 342 g/mol. The van der Waals surface area contributed by atoms with E-state index < -0.39 is 0 Å². The fraction of sp³-hybridized carbons (Fsp3) is 0.714. The minimum atomic E-state index is 0.203. The molecule has 0 fully saturated rings. The molecule has 2 aromatic heterocycles. The molecule has 144 valence electrons. The Hall–Kier alpha value is -1.20. The molecule has 1 aliphatic rings. The summed E-state index contributed by atoms with van der Waals surface area (Å²) in [6.45, 7) is 6.07. The Morgan fingerprint density at radius 2 is 2.00 bits per heavy atom. The number of rotatable bonds is 8. The Morgan fingerprint density at radius 3 is 2.73 bits per heavy atom. The predicted molar refractivity (Wildman–Crippen MR) is 111 cm³/mol. The van der Waals surface area contributed by atoms with E-state index in [0.717, 1.165) is 54.3 Å². The topological polar surface area (TPSA) is 38.1 Å². The van der Waals surface area contributed by atoms with Crippen LogP contribution >= 0.6 is 11.3 Å². The van der Waals surface area contributed by atoms with Crippen molar-refractivity contribution in [1.82, 2.24) is 14.5 Å². The first-order valence-corrected chi connectivity index (χ1v) is 11.0. The van der Waals surface area contributed by atoms with Gasteiger partial charge in [-0.15, -0.1) is 11.3 Å². The first-order valence-electron chi connectivity index (χ1n) is 10.2. The summed E-state index contributed by atoms with van der Waals surface area (Å²) in [5, 5.41) is 0.924. The lowest BCUT2D eigenvalue weighted by Gasteiger charge is -2.18. The van der Waals surface area contributed by atoms with Crippen LogP contribution in [0.4, 0.5) is 0 Å². The minimum absolute atomic E-state index is 0.203. The molecule has 2 aromatic rings. The highest BCUT2D eigenvalue weighted by Gasteiger charge is 2.24. The van der Waals surface area contributed by atoms with Crippen LogP contribution in [-0.4, -0.2) is 28.5 Å². The Morgan fingerprint density at radius 1 is 1.23 bits per heavy atom. The van der Waals surface area contributed by atoms with Crippen LogP contribution in [0, 0.1) is 5.92 Å². The molecule has 0 spiro atoms. The zero-order chi connectivity index (χ0) is 18.7. The lowest BCUT2D eigenvalue weighted by atomic mass is 9.89. The highest BCUT2D eigenvalue weighted by molar-refractivity contribution is 7.18. The highest BCUT2D eigenvalue weighted by atomic mass is 32.1. The van der Waals surface area contributed by atoms with Crippen LogP contribution in [0.3, 0.4) is 0 Å². The summed E-state index contributed by atoms with van der Waals surface area (Å²) < 4.78 is 1.97. The van der Waals surface area contributed by atoms with Crippen molar-refractivity contribution >= 4 is 21.6 Å². The van der Waals surface area contributed by atoms with Crippen LogP contribution in [0.2, 0.25) is 0 Å². The molecule has 3 rings (SSSR count). The van der Waals surface area contributed by atoms with Crippen LogP contribution in [-0.2, 0) is 25.9 Å². The molecule has 0 saturated carbocycles. The fourth-order valence-corrected chi connectivity index (χ4v) is 5.37. The second-order valence-corrected chi connectivity index (χ2v) is 9.25. The average molecular weight is 376 g/mol. The van der Waals surface area contributed by atoms with E-state index in [1.807, 2.05) is 18.7 Å². The third kappa shape index (κ3) is 4.20. The van der Waals surface area contributed by atoms with Gasteiger partial charge in [-0.3, -0.25) is 9.36 Å². The van der Waals surface area contributed by atoms with E-state index >= 15 is 0 Å². The summed E-state index contributed by atoms with van der Waals surface area (Å²) in [6.07, 6.45) is 9.39. The van der Waals surface area contributed by atoms with Gasteiger partial charge in [-0.25, -0.2) is 4.98 Å². The van der Waals surface area contributed by atoms with Crippen molar-refractivity contribution in [1.29, 1.82) is 0 Å². The minimum Gasteiger partial charge on any atom is -0.302 e. The maximum Gasteiger partial charge on any atom is 0.262 e. The Labute approximate surface area is 161 Å². The Kier molecular flexibility index (Phi) is 6.51. The second-order valence-electron chi connectivity index (χ2n) is 8.17. The van der Waals surface area contributed by atoms with Gasteiger partial charge in [0.15, 0.2) is 0 Å². The maximum absolute atomic E-state index is 13.4.